The third kappa shape index (κ3) is 3.13. The number of aromatic nitrogens is 4. The number of aromatic amines is 1. The molecule has 5 rings (SSSR count). The topological polar surface area (TPSA) is 83.9 Å². The van der Waals surface area contributed by atoms with Gasteiger partial charge in [0.25, 0.3) is 0 Å². The van der Waals surface area contributed by atoms with Crippen molar-refractivity contribution in [2.75, 3.05) is 19.3 Å². The molecule has 3 aromatic rings. The maximum Gasteiger partial charge on any atom is 0.211 e. The molecule has 4 heterocycles. The van der Waals surface area contributed by atoms with Crippen LogP contribution in [-0.4, -0.2) is 51.6 Å². The summed E-state index contributed by atoms with van der Waals surface area (Å²) >= 11 is 0. The fraction of sp³-hybridized carbons (Fsp3) is 0.524. The van der Waals surface area contributed by atoms with Crippen molar-refractivity contribution >= 4 is 32.1 Å². The Hall–Kier alpha value is -2.37. The SMILES string of the molecule is C#CCC1CCC(n2c(C3CN(S(C)(=O)=O)C3)nc3cnc4[nH]ccc4c32)CC1. The van der Waals surface area contributed by atoms with E-state index in [-0.39, 0.29) is 5.92 Å². The lowest BCUT2D eigenvalue weighted by Gasteiger charge is -2.38. The summed E-state index contributed by atoms with van der Waals surface area (Å²) in [4.78, 5) is 12.6. The number of terminal acetylenes is 1. The minimum Gasteiger partial charge on any atom is -0.346 e. The van der Waals surface area contributed by atoms with Crippen molar-refractivity contribution in [3.63, 3.8) is 0 Å². The van der Waals surface area contributed by atoms with Crippen LogP contribution in [0.2, 0.25) is 0 Å². The Morgan fingerprint density at radius 2 is 2.03 bits per heavy atom. The van der Waals surface area contributed by atoms with E-state index in [0.29, 0.717) is 25.0 Å². The van der Waals surface area contributed by atoms with Gasteiger partial charge in [-0.1, -0.05) is 0 Å². The number of sulfonamides is 1. The zero-order valence-electron chi connectivity index (χ0n) is 16.5. The summed E-state index contributed by atoms with van der Waals surface area (Å²) in [5.74, 6) is 4.53. The van der Waals surface area contributed by atoms with E-state index in [1.807, 2.05) is 12.4 Å². The lowest BCUT2D eigenvalue weighted by atomic mass is 9.84. The molecule has 0 bridgehead atoms. The Labute approximate surface area is 170 Å². The quantitative estimate of drug-likeness (QED) is 0.669. The summed E-state index contributed by atoms with van der Waals surface area (Å²) in [6.07, 6.45) is 15.8. The summed E-state index contributed by atoms with van der Waals surface area (Å²) in [6.45, 7) is 0.997. The number of hydrogen-bond donors (Lipinski definition) is 1. The fourth-order valence-corrected chi connectivity index (χ4v) is 5.82. The van der Waals surface area contributed by atoms with Crippen LogP contribution >= 0.6 is 0 Å². The van der Waals surface area contributed by atoms with Crippen LogP contribution in [0.3, 0.4) is 0 Å². The molecule has 8 heteroatoms. The molecule has 2 fully saturated rings. The largest absolute Gasteiger partial charge is 0.346 e. The second-order valence-electron chi connectivity index (χ2n) is 8.43. The number of fused-ring (bicyclic) bond motifs is 3. The molecular weight excluding hydrogens is 386 g/mol. The molecule has 1 aliphatic carbocycles. The Kier molecular flexibility index (Phi) is 4.41. The maximum atomic E-state index is 11.9. The van der Waals surface area contributed by atoms with Gasteiger partial charge in [-0.25, -0.2) is 22.7 Å². The van der Waals surface area contributed by atoms with Crippen LogP contribution in [0.1, 0.15) is 49.9 Å². The van der Waals surface area contributed by atoms with Gasteiger partial charge in [-0.2, -0.15) is 0 Å². The van der Waals surface area contributed by atoms with Gasteiger partial charge < -0.3 is 9.55 Å². The first-order valence-corrected chi connectivity index (χ1v) is 12.0. The minimum absolute atomic E-state index is 0.120. The van der Waals surface area contributed by atoms with E-state index in [1.165, 1.54) is 10.6 Å². The van der Waals surface area contributed by atoms with E-state index in [4.69, 9.17) is 11.4 Å². The lowest BCUT2D eigenvalue weighted by Crippen LogP contribution is -2.48. The van der Waals surface area contributed by atoms with Crippen LogP contribution in [0.5, 0.6) is 0 Å². The number of pyridine rings is 1. The second-order valence-corrected chi connectivity index (χ2v) is 10.4. The van der Waals surface area contributed by atoms with Crippen molar-refractivity contribution in [1.29, 1.82) is 0 Å². The molecule has 7 nitrogen and oxygen atoms in total. The Morgan fingerprint density at radius 1 is 1.28 bits per heavy atom. The molecule has 0 spiro atoms. The molecule has 1 N–H and O–H groups in total. The highest BCUT2D eigenvalue weighted by molar-refractivity contribution is 7.88. The normalized spacial score (nSPS) is 24.0. The monoisotopic (exact) mass is 411 g/mol. The first kappa shape index (κ1) is 18.6. The van der Waals surface area contributed by atoms with Crippen molar-refractivity contribution < 1.29 is 8.42 Å². The van der Waals surface area contributed by atoms with Gasteiger partial charge in [0, 0.05) is 43.1 Å². The van der Waals surface area contributed by atoms with Crippen molar-refractivity contribution in [2.24, 2.45) is 5.92 Å². The van der Waals surface area contributed by atoms with E-state index in [9.17, 15) is 8.42 Å². The van der Waals surface area contributed by atoms with Crippen molar-refractivity contribution in [3.8, 4) is 12.3 Å². The number of hydrogen-bond acceptors (Lipinski definition) is 4. The van der Waals surface area contributed by atoms with E-state index >= 15 is 0 Å². The molecule has 1 aliphatic heterocycles. The number of H-pyrrole nitrogens is 1. The average molecular weight is 412 g/mol. The molecule has 29 heavy (non-hydrogen) atoms. The van der Waals surface area contributed by atoms with Gasteiger partial charge in [-0.15, -0.1) is 12.3 Å². The standard InChI is InChI=1S/C21H25N5O2S/c1-3-4-14-5-7-16(8-6-14)26-19-17-9-10-22-20(17)23-11-18(19)24-21(26)15-12-25(13-15)29(2,27)28/h1,9-11,14-16H,4-8,12-13H2,2H3,(H,22,23). The summed E-state index contributed by atoms with van der Waals surface area (Å²) in [5.41, 5.74) is 2.86. The van der Waals surface area contributed by atoms with Crippen LogP contribution in [-0.2, 0) is 10.0 Å². The van der Waals surface area contributed by atoms with Gasteiger partial charge in [0.2, 0.25) is 10.0 Å². The van der Waals surface area contributed by atoms with Gasteiger partial charge >= 0.3 is 0 Å². The number of imidazole rings is 1. The summed E-state index contributed by atoms with van der Waals surface area (Å²) < 4.78 is 27.6. The Bertz CT molecular complexity index is 1210. The van der Waals surface area contributed by atoms with Crippen molar-refractivity contribution in [2.45, 2.75) is 44.1 Å². The van der Waals surface area contributed by atoms with Crippen molar-refractivity contribution in [3.05, 3.63) is 24.3 Å². The fourth-order valence-electron chi connectivity index (χ4n) is 4.91. The Balaban J connectivity index is 1.57. The summed E-state index contributed by atoms with van der Waals surface area (Å²) in [6, 6.07) is 2.41. The van der Waals surface area contributed by atoms with Gasteiger partial charge in [0.05, 0.1) is 18.0 Å². The zero-order chi connectivity index (χ0) is 20.2. The van der Waals surface area contributed by atoms with Gasteiger partial charge in [0.1, 0.15) is 17.0 Å². The third-order valence-electron chi connectivity index (χ3n) is 6.53. The molecule has 1 saturated heterocycles. The van der Waals surface area contributed by atoms with Crippen LogP contribution < -0.4 is 0 Å². The van der Waals surface area contributed by atoms with Crippen LogP contribution in [0, 0.1) is 18.3 Å². The Morgan fingerprint density at radius 3 is 2.72 bits per heavy atom. The third-order valence-corrected chi connectivity index (χ3v) is 7.77. The molecule has 0 aromatic carbocycles. The molecule has 0 amide bonds. The lowest BCUT2D eigenvalue weighted by molar-refractivity contribution is 0.234. The van der Waals surface area contributed by atoms with Gasteiger partial charge in [0.15, 0.2) is 0 Å². The molecule has 152 valence electrons. The van der Waals surface area contributed by atoms with Crippen LogP contribution in [0.25, 0.3) is 22.1 Å². The van der Waals surface area contributed by atoms with E-state index in [1.54, 1.807) is 0 Å². The average Bonchev–Trinajstić information content (AvgIpc) is 3.24. The van der Waals surface area contributed by atoms with E-state index < -0.39 is 10.0 Å². The van der Waals surface area contributed by atoms with Crippen LogP contribution in [0.4, 0.5) is 0 Å². The molecule has 1 saturated carbocycles. The minimum atomic E-state index is -3.15. The molecule has 0 atom stereocenters. The van der Waals surface area contributed by atoms with Crippen molar-refractivity contribution in [1.82, 2.24) is 23.8 Å². The molecule has 0 unspecified atom stereocenters. The van der Waals surface area contributed by atoms with E-state index in [0.717, 1.165) is 60.0 Å². The molecule has 3 aromatic heterocycles. The summed E-state index contributed by atoms with van der Waals surface area (Å²) in [7, 11) is -3.15. The van der Waals surface area contributed by atoms with Gasteiger partial charge in [-0.3, -0.25) is 0 Å². The zero-order valence-corrected chi connectivity index (χ0v) is 17.3. The first-order chi connectivity index (χ1) is 14.0. The molecular formula is C21H25N5O2S. The van der Waals surface area contributed by atoms with Crippen LogP contribution in [0.15, 0.2) is 18.5 Å². The highest BCUT2D eigenvalue weighted by Crippen LogP contribution is 2.40. The van der Waals surface area contributed by atoms with E-state index in [2.05, 4.69) is 26.5 Å². The maximum absolute atomic E-state index is 11.9. The predicted molar refractivity (Wildman–Crippen MR) is 113 cm³/mol. The number of nitrogens with zero attached hydrogens (tertiary/aromatic N) is 4. The number of rotatable bonds is 4. The number of nitrogens with one attached hydrogen (secondary N) is 1. The molecule has 2 aliphatic rings. The smallest absolute Gasteiger partial charge is 0.211 e. The highest BCUT2D eigenvalue weighted by Gasteiger charge is 2.39. The first-order valence-electron chi connectivity index (χ1n) is 10.2. The predicted octanol–water partition coefficient (Wildman–Crippen LogP) is 3.03. The highest BCUT2D eigenvalue weighted by atomic mass is 32.2. The second kappa shape index (κ2) is 6.85. The molecule has 0 radical (unpaired) electrons. The van der Waals surface area contributed by atoms with Gasteiger partial charge in [-0.05, 0) is 37.7 Å². The summed E-state index contributed by atoms with van der Waals surface area (Å²) in [5, 5.41) is 1.08.